The van der Waals surface area contributed by atoms with Crippen molar-refractivity contribution in [2.24, 2.45) is 11.8 Å². The van der Waals surface area contributed by atoms with E-state index < -0.39 is 0 Å². The first-order valence-corrected chi connectivity index (χ1v) is 6.21. The average Bonchev–Trinajstić information content (AvgIpc) is 3.14. The van der Waals surface area contributed by atoms with Crippen molar-refractivity contribution < 1.29 is 14.7 Å². The lowest BCUT2D eigenvalue weighted by Gasteiger charge is -2.18. The van der Waals surface area contributed by atoms with Crippen LogP contribution in [0.4, 0.5) is 5.69 Å². The Morgan fingerprint density at radius 3 is 2.63 bits per heavy atom. The first-order valence-electron chi connectivity index (χ1n) is 6.21. The van der Waals surface area contributed by atoms with Gasteiger partial charge in [0.15, 0.2) is 0 Å². The average molecular weight is 255 g/mol. The number of benzene rings is 1. The minimum atomic E-state index is -0.249. The second-order valence-corrected chi connectivity index (χ2v) is 4.94. The molecule has 2 atom stereocenters. The van der Waals surface area contributed by atoms with Crippen LogP contribution in [0.3, 0.4) is 0 Å². The number of fused-ring (bicyclic) bond motifs is 1. The van der Waals surface area contributed by atoms with Crippen LogP contribution < -0.4 is 4.90 Å². The van der Waals surface area contributed by atoms with Gasteiger partial charge >= 0.3 is 0 Å². The fourth-order valence-electron chi connectivity index (χ4n) is 2.50. The number of nitrogens with zero attached hydrogens (tertiary/aromatic N) is 1. The van der Waals surface area contributed by atoms with Gasteiger partial charge in [0.25, 0.3) is 0 Å². The molecule has 4 heteroatoms. The lowest BCUT2D eigenvalue weighted by Crippen LogP contribution is -2.33. The zero-order valence-corrected chi connectivity index (χ0v) is 10.5. The van der Waals surface area contributed by atoms with Gasteiger partial charge in [-0.05, 0) is 31.0 Å². The van der Waals surface area contributed by atoms with Crippen molar-refractivity contribution in [2.45, 2.75) is 13.3 Å². The molecule has 1 aromatic carbocycles. The van der Waals surface area contributed by atoms with E-state index in [9.17, 15) is 9.59 Å². The molecule has 4 nitrogen and oxygen atoms in total. The van der Waals surface area contributed by atoms with Gasteiger partial charge in [-0.15, -0.1) is 0 Å². The molecule has 2 aliphatic rings. The second kappa shape index (κ2) is 4.22. The van der Waals surface area contributed by atoms with E-state index in [1.54, 1.807) is 6.07 Å². The molecule has 1 aliphatic heterocycles. The van der Waals surface area contributed by atoms with Crippen molar-refractivity contribution in [3.63, 3.8) is 0 Å². The van der Waals surface area contributed by atoms with Crippen LogP contribution in [0, 0.1) is 30.6 Å². The lowest BCUT2D eigenvalue weighted by atomic mass is 10.1. The Hall–Kier alpha value is -2.12. The molecule has 0 spiro atoms. The third-order valence-electron chi connectivity index (χ3n) is 3.56. The van der Waals surface area contributed by atoms with E-state index in [1.165, 1.54) is 4.90 Å². The quantitative estimate of drug-likeness (QED) is 0.598. The molecule has 19 heavy (non-hydrogen) atoms. The Morgan fingerprint density at radius 1 is 1.32 bits per heavy atom. The van der Waals surface area contributed by atoms with Crippen molar-refractivity contribution in [2.75, 3.05) is 11.5 Å². The van der Waals surface area contributed by atoms with Gasteiger partial charge < -0.3 is 5.11 Å². The third kappa shape index (κ3) is 1.83. The van der Waals surface area contributed by atoms with Crippen molar-refractivity contribution >= 4 is 17.5 Å². The molecule has 2 fully saturated rings. The number of imide groups is 1. The maximum atomic E-state index is 12.1. The molecular formula is C15H13NO3. The second-order valence-electron chi connectivity index (χ2n) is 4.94. The van der Waals surface area contributed by atoms with Crippen LogP contribution in [0.2, 0.25) is 0 Å². The summed E-state index contributed by atoms with van der Waals surface area (Å²) in [5, 5.41) is 8.79. The highest BCUT2D eigenvalue weighted by Crippen LogP contribution is 2.48. The standard InChI is InChI=1S/C15H13NO3/c1-9-4-5-13(10(7-9)3-2-6-17)16-14(18)11-8-12(11)15(16)19/h4-5,7,11-12,17H,6,8H2,1H3. The Balaban J connectivity index is 2.05. The van der Waals surface area contributed by atoms with Gasteiger partial charge in [-0.3, -0.25) is 9.59 Å². The molecule has 2 unspecified atom stereocenters. The van der Waals surface area contributed by atoms with Gasteiger partial charge in [-0.25, -0.2) is 4.90 Å². The van der Waals surface area contributed by atoms with Gasteiger partial charge in [0.1, 0.15) is 6.61 Å². The normalized spacial score (nSPS) is 24.0. The number of anilines is 1. The van der Waals surface area contributed by atoms with Gasteiger partial charge in [0, 0.05) is 5.56 Å². The zero-order valence-electron chi connectivity index (χ0n) is 10.5. The number of hydrogen-bond acceptors (Lipinski definition) is 3. The van der Waals surface area contributed by atoms with Crippen LogP contribution in [0.25, 0.3) is 0 Å². The fourth-order valence-corrected chi connectivity index (χ4v) is 2.50. The molecule has 96 valence electrons. The summed E-state index contributed by atoms with van der Waals surface area (Å²) in [6.07, 6.45) is 0.692. The van der Waals surface area contributed by atoms with Crippen LogP contribution >= 0.6 is 0 Å². The van der Waals surface area contributed by atoms with E-state index in [2.05, 4.69) is 11.8 Å². The molecule has 0 bridgehead atoms. The number of aliphatic hydroxyl groups is 1. The first-order chi connectivity index (χ1) is 9.13. The van der Waals surface area contributed by atoms with E-state index in [0.29, 0.717) is 17.7 Å². The Kier molecular flexibility index (Phi) is 2.65. The highest BCUT2D eigenvalue weighted by atomic mass is 16.2. The van der Waals surface area contributed by atoms with E-state index in [1.807, 2.05) is 19.1 Å². The number of carbonyl (C=O) groups excluding carboxylic acids is 2. The summed E-state index contributed by atoms with van der Waals surface area (Å²) in [5.74, 6) is 4.89. The maximum absolute atomic E-state index is 12.1. The zero-order chi connectivity index (χ0) is 13.6. The largest absolute Gasteiger partial charge is 0.384 e. The van der Waals surface area contributed by atoms with Crippen LogP contribution in [0.15, 0.2) is 18.2 Å². The van der Waals surface area contributed by atoms with E-state index in [0.717, 1.165) is 5.56 Å². The summed E-state index contributed by atoms with van der Waals surface area (Å²) < 4.78 is 0. The maximum Gasteiger partial charge on any atom is 0.237 e. The minimum Gasteiger partial charge on any atom is -0.384 e. The van der Waals surface area contributed by atoms with Gasteiger partial charge in [0.05, 0.1) is 17.5 Å². The number of hydrogen-bond donors (Lipinski definition) is 1. The molecule has 3 rings (SSSR count). The van der Waals surface area contributed by atoms with Crippen LogP contribution in [-0.4, -0.2) is 23.5 Å². The lowest BCUT2D eigenvalue weighted by molar-refractivity contribution is -0.123. The van der Waals surface area contributed by atoms with E-state index >= 15 is 0 Å². The van der Waals surface area contributed by atoms with Crippen molar-refractivity contribution in [1.29, 1.82) is 0 Å². The topological polar surface area (TPSA) is 57.6 Å². The predicted octanol–water partition coefficient (Wildman–Crippen LogP) is 0.848. The van der Waals surface area contributed by atoms with Gasteiger partial charge in [0.2, 0.25) is 11.8 Å². The number of rotatable bonds is 1. The summed E-state index contributed by atoms with van der Waals surface area (Å²) in [6, 6.07) is 5.42. The SMILES string of the molecule is Cc1ccc(N2C(=O)C3CC3C2=O)c(C#CCO)c1. The highest BCUT2D eigenvalue weighted by Gasteiger charge is 2.59. The van der Waals surface area contributed by atoms with E-state index in [4.69, 9.17) is 5.11 Å². The number of aryl methyl sites for hydroxylation is 1. The van der Waals surface area contributed by atoms with Gasteiger partial charge in [-0.2, -0.15) is 0 Å². The number of piperidine rings is 1. The van der Waals surface area contributed by atoms with Crippen LogP contribution in [-0.2, 0) is 9.59 Å². The summed E-state index contributed by atoms with van der Waals surface area (Å²) in [7, 11) is 0. The number of amides is 2. The molecule has 1 heterocycles. The summed E-state index contributed by atoms with van der Waals surface area (Å²) in [6.45, 7) is 1.67. The van der Waals surface area contributed by atoms with Crippen molar-refractivity contribution in [3.05, 3.63) is 29.3 Å². The molecule has 2 amide bonds. The van der Waals surface area contributed by atoms with E-state index in [-0.39, 0.29) is 30.3 Å². The van der Waals surface area contributed by atoms with Crippen LogP contribution in [0.5, 0.6) is 0 Å². The monoisotopic (exact) mass is 255 g/mol. The van der Waals surface area contributed by atoms with Crippen LogP contribution in [0.1, 0.15) is 17.5 Å². The number of carbonyl (C=O) groups is 2. The highest BCUT2D eigenvalue weighted by molar-refractivity contribution is 6.25. The minimum absolute atomic E-state index is 0.118. The molecule has 1 saturated carbocycles. The van der Waals surface area contributed by atoms with Crippen molar-refractivity contribution in [3.8, 4) is 11.8 Å². The molecule has 1 aromatic rings. The first kappa shape index (κ1) is 11.9. The fraction of sp³-hybridized carbons (Fsp3) is 0.333. The predicted molar refractivity (Wildman–Crippen MR) is 69.2 cm³/mol. The molecule has 0 radical (unpaired) electrons. The van der Waals surface area contributed by atoms with Crippen molar-refractivity contribution in [1.82, 2.24) is 0 Å². The molecule has 0 aromatic heterocycles. The summed E-state index contributed by atoms with van der Waals surface area (Å²) in [4.78, 5) is 25.4. The Morgan fingerprint density at radius 2 is 2.00 bits per heavy atom. The molecule has 1 saturated heterocycles. The molecular weight excluding hydrogens is 242 g/mol. The summed E-state index contributed by atoms with van der Waals surface area (Å²) in [5.41, 5.74) is 2.14. The summed E-state index contributed by atoms with van der Waals surface area (Å²) >= 11 is 0. The van der Waals surface area contributed by atoms with Gasteiger partial charge in [-0.1, -0.05) is 17.9 Å². The third-order valence-corrected chi connectivity index (χ3v) is 3.56. The number of aliphatic hydroxyl groups excluding tert-OH is 1. The Bertz CT molecular complexity index is 619. The smallest absolute Gasteiger partial charge is 0.237 e. The Labute approximate surface area is 111 Å². The molecule has 1 aliphatic carbocycles. The molecule has 1 N–H and O–H groups in total.